The largest absolute Gasteiger partial charge is 0.414 e. The zero-order valence-corrected chi connectivity index (χ0v) is 35.9. The lowest BCUT2D eigenvalue weighted by molar-refractivity contribution is 0.0599. The van der Waals surface area contributed by atoms with Crippen molar-refractivity contribution in [1.29, 1.82) is 0 Å². The van der Waals surface area contributed by atoms with Crippen molar-refractivity contribution >= 4 is 47.5 Å². The lowest BCUT2D eigenvalue weighted by atomic mass is 10.0. The molecule has 5 atom stereocenters. The van der Waals surface area contributed by atoms with Crippen molar-refractivity contribution in [3.63, 3.8) is 0 Å². The molecule has 0 rings (SSSR count). The highest BCUT2D eigenvalue weighted by molar-refractivity contribution is 14.1. The molecule has 0 unspecified atom stereocenters. The highest BCUT2D eigenvalue weighted by Gasteiger charge is 2.42. The van der Waals surface area contributed by atoms with E-state index >= 15 is 0 Å². The Morgan fingerprint density at radius 3 is 1.70 bits per heavy atom. The van der Waals surface area contributed by atoms with Gasteiger partial charge in [0.15, 0.2) is 25.0 Å². The number of halogens is 1. The molecule has 0 saturated carbocycles. The van der Waals surface area contributed by atoms with Gasteiger partial charge < -0.3 is 23.5 Å². The van der Waals surface area contributed by atoms with E-state index in [1.165, 1.54) is 0 Å². The fourth-order valence-corrected chi connectivity index (χ4v) is 11.0. The average molecular weight is 771 g/mol. The smallest absolute Gasteiger partial charge is 0.192 e. The van der Waals surface area contributed by atoms with E-state index in [1.54, 1.807) is 0 Å². The molecule has 0 bridgehead atoms. The minimum Gasteiger partial charge on any atom is -0.414 e. The van der Waals surface area contributed by atoms with Crippen molar-refractivity contribution in [3.8, 4) is 0 Å². The second-order valence-electron chi connectivity index (χ2n) is 15.9. The number of hydrogen-bond acceptors (Lipinski definition) is 5. The van der Waals surface area contributed by atoms with Gasteiger partial charge in [0.25, 0.3) is 0 Å². The van der Waals surface area contributed by atoms with E-state index in [0.29, 0.717) is 19.3 Å². The summed E-state index contributed by atoms with van der Waals surface area (Å²) in [6.45, 7) is 34.2. The quantitative estimate of drug-likeness (QED) is 0.0733. The SMILES string of the molecule is CC[Si](CC)(CC)O[C@H](C[C@H](C/C=C/[C@@H](O)C[C@@H](O)C/C(C)=C/I)O[Si](C)(C)C(C)(C)C)C[C@@H](C)O[Si](C)(C)C(C)(C)C. The molecule has 0 heterocycles. The van der Waals surface area contributed by atoms with Gasteiger partial charge in [-0.2, -0.15) is 0 Å². The normalized spacial score (nSPS) is 18.1. The molecule has 43 heavy (non-hydrogen) atoms. The average Bonchev–Trinajstić information content (AvgIpc) is 2.84. The Kier molecular flexibility index (Phi) is 19.1. The molecule has 0 radical (unpaired) electrons. The van der Waals surface area contributed by atoms with Crippen molar-refractivity contribution in [2.45, 2.75) is 193 Å². The Morgan fingerprint density at radius 1 is 0.767 bits per heavy atom. The summed E-state index contributed by atoms with van der Waals surface area (Å²) in [6, 6.07) is 3.34. The van der Waals surface area contributed by atoms with Gasteiger partial charge in [0.05, 0.1) is 18.3 Å². The predicted molar refractivity (Wildman–Crippen MR) is 204 cm³/mol. The zero-order chi connectivity index (χ0) is 33.9. The molecule has 0 aromatic heterocycles. The van der Waals surface area contributed by atoms with Crippen LogP contribution in [-0.2, 0) is 13.3 Å². The second-order valence-corrected chi connectivity index (χ2v) is 30.8. The summed E-state index contributed by atoms with van der Waals surface area (Å²) in [7, 11) is -5.84. The summed E-state index contributed by atoms with van der Waals surface area (Å²) in [5, 5.41) is 21.3. The van der Waals surface area contributed by atoms with Crippen LogP contribution in [0.3, 0.4) is 0 Å². The maximum atomic E-state index is 10.7. The first-order valence-electron chi connectivity index (χ1n) is 16.8. The standard InChI is InChI=1S/C34H71IO5Si3/c1-16-43(17-2,18-3)40-32(23-28(5)38-41(12,13)33(6,7)8)25-31(39-42(14,15)34(9,10)11)21-19-20-29(36)24-30(37)22-27(4)26-35/h19-20,26,28-32,36-37H,16-18,21-25H2,1-15H3/b20-19+,27-26+/t28-,29-,30+,31+,32+/m1/s1. The Labute approximate surface area is 284 Å². The molecule has 0 aliphatic heterocycles. The van der Waals surface area contributed by atoms with Crippen molar-refractivity contribution < 1.29 is 23.5 Å². The van der Waals surface area contributed by atoms with Crippen LogP contribution in [0.25, 0.3) is 0 Å². The first kappa shape index (κ1) is 43.7. The molecule has 0 saturated heterocycles. The molecule has 0 aliphatic rings. The topological polar surface area (TPSA) is 68.2 Å². The van der Waals surface area contributed by atoms with Crippen LogP contribution >= 0.6 is 22.6 Å². The second kappa shape index (κ2) is 18.9. The summed E-state index contributed by atoms with van der Waals surface area (Å²) in [6.07, 6.45) is 6.12. The highest BCUT2D eigenvalue weighted by atomic mass is 127. The molecule has 0 amide bonds. The van der Waals surface area contributed by atoms with Crippen LogP contribution in [0.15, 0.2) is 21.8 Å². The van der Waals surface area contributed by atoms with Gasteiger partial charge in [0.1, 0.15) is 0 Å². The minimum atomic E-state index is -2.06. The molecule has 5 nitrogen and oxygen atoms in total. The van der Waals surface area contributed by atoms with Gasteiger partial charge in [-0.1, -0.05) is 103 Å². The third-order valence-electron chi connectivity index (χ3n) is 10.1. The van der Waals surface area contributed by atoms with Crippen LogP contribution in [0.2, 0.25) is 54.4 Å². The minimum absolute atomic E-state index is 0.0131. The van der Waals surface area contributed by atoms with Crippen molar-refractivity contribution in [2.75, 3.05) is 0 Å². The summed E-state index contributed by atoms with van der Waals surface area (Å²) < 4.78 is 23.1. The van der Waals surface area contributed by atoms with E-state index in [1.807, 2.05) is 17.1 Å². The third kappa shape index (κ3) is 15.9. The van der Waals surface area contributed by atoms with Crippen molar-refractivity contribution in [2.24, 2.45) is 0 Å². The Balaban J connectivity index is 6.15. The van der Waals surface area contributed by atoms with E-state index in [9.17, 15) is 10.2 Å². The van der Waals surface area contributed by atoms with Gasteiger partial charge in [0.2, 0.25) is 0 Å². The predicted octanol–water partition coefficient (Wildman–Crippen LogP) is 10.7. The van der Waals surface area contributed by atoms with Gasteiger partial charge in [-0.3, -0.25) is 0 Å². The summed E-state index contributed by atoms with van der Waals surface area (Å²) in [4.78, 5) is 0. The summed E-state index contributed by atoms with van der Waals surface area (Å²) in [5.41, 5.74) is 1.12. The number of hydrogen-bond donors (Lipinski definition) is 2. The van der Waals surface area contributed by atoms with Crippen LogP contribution in [0, 0.1) is 0 Å². The molecule has 0 aromatic carbocycles. The Morgan fingerprint density at radius 2 is 1.26 bits per heavy atom. The van der Waals surface area contributed by atoms with E-state index in [0.717, 1.165) is 36.5 Å². The maximum absolute atomic E-state index is 10.7. The Hall–Kier alpha value is 0.661. The van der Waals surface area contributed by atoms with Gasteiger partial charge in [-0.15, -0.1) is 0 Å². The van der Waals surface area contributed by atoms with Crippen LogP contribution in [0.4, 0.5) is 0 Å². The van der Waals surface area contributed by atoms with E-state index in [2.05, 4.69) is 124 Å². The van der Waals surface area contributed by atoms with Crippen molar-refractivity contribution in [1.82, 2.24) is 0 Å². The van der Waals surface area contributed by atoms with Gasteiger partial charge in [-0.05, 0) is 98.0 Å². The van der Waals surface area contributed by atoms with Crippen LogP contribution in [0.1, 0.15) is 108 Å². The lowest BCUT2D eigenvalue weighted by Gasteiger charge is -2.42. The van der Waals surface area contributed by atoms with Gasteiger partial charge in [0, 0.05) is 18.6 Å². The lowest BCUT2D eigenvalue weighted by Crippen LogP contribution is -2.47. The molecule has 0 aromatic rings. The molecular formula is C34H71IO5Si3. The molecule has 2 N–H and O–H groups in total. The van der Waals surface area contributed by atoms with E-state index < -0.39 is 37.2 Å². The fourth-order valence-electron chi connectivity index (χ4n) is 4.97. The van der Waals surface area contributed by atoms with Crippen molar-refractivity contribution in [3.05, 3.63) is 21.8 Å². The molecule has 9 heteroatoms. The summed E-state index contributed by atoms with van der Waals surface area (Å²) >= 11 is 2.19. The summed E-state index contributed by atoms with van der Waals surface area (Å²) in [5.74, 6) is 0. The molecule has 256 valence electrons. The van der Waals surface area contributed by atoms with E-state index in [4.69, 9.17) is 13.3 Å². The van der Waals surface area contributed by atoms with E-state index in [-0.39, 0.29) is 28.4 Å². The number of rotatable bonds is 20. The maximum Gasteiger partial charge on any atom is 0.192 e. The fraction of sp³-hybridized carbons (Fsp3) is 0.882. The highest BCUT2D eigenvalue weighted by Crippen LogP contribution is 2.40. The van der Waals surface area contributed by atoms with Crippen LogP contribution in [-0.4, -0.2) is 65.7 Å². The van der Waals surface area contributed by atoms with Crippen LogP contribution < -0.4 is 0 Å². The van der Waals surface area contributed by atoms with Gasteiger partial charge >= 0.3 is 0 Å². The molecule has 0 fully saturated rings. The number of aliphatic hydroxyl groups excluding tert-OH is 2. The first-order chi connectivity index (χ1) is 19.5. The molecule has 0 spiro atoms. The Bertz CT molecular complexity index is 836. The number of aliphatic hydroxyl groups is 2. The zero-order valence-electron chi connectivity index (χ0n) is 30.8. The third-order valence-corrected chi connectivity index (χ3v) is 25.0. The molecule has 0 aliphatic carbocycles. The molecular weight excluding hydrogens is 700 g/mol. The van der Waals surface area contributed by atoms with Crippen LogP contribution in [0.5, 0.6) is 0 Å². The van der Waals surface area contributed by atoms with Gasteiger partial charge in [-0.25, -0.2) is 0 Å². The monoisotopic (exact) mass is 770 g/mol. The first-order valence-corrected chi connectivity index (χ1v) is 26.4.